The third-order valence-electron chi connectivity index (χ3n) is 5.24. The molecule has 4 rings (SSSR count). The summed E-state index contributed by atoms with van der Waals surface area (Å²) in [5.41, 5.74) is 7.70. The molecule has 0 bridgehead atoms. The third-order valence-corrected chi connectivity index (χ3v) is 5.24. The minimum Gasteiger partial charge on any atom is -0.387 e. The van der Waals surface area contributed by atoms with E-state index in [4.69, 9.17) is 30.5 Å². The molecule has 1 fully saturated rings. The number of aromatic nitrogens is 6. The molecule has 13 nitrogen and oxygen atoms in total. The van der Waals surface area contributed by atoms with E-state index >= 15 is 0 Å². The topological polar surface area (TPSA) is 169 Å². The molecule has 4 heterocycles. The summed E-state index contributed by atoms with van der Waals surface area (Å²) in [7, 11) is 0. The van der Waals surface area contributed by atoms with Gasteiger partial charge in [0.25, 0.3) is 0 Å². The highest BCUT2D eigenvalue weighted by molar-refractivity contribution is 5.88. The van der Waals surface area contributed by atoms with Crippen LogP contribution in [0.5, 0.6) is 0 Å². The van der Waals surface area contributed by atoms with Crippen molar-refractivity contribution in [1.29, 1.82) is 0 Å². The Hall–Kier alpha value is -3.58. The fourth-order valence-corrected chi connectivity index (χ4v) is 3.67. The fraction of sp³-hybridized carbons (Fsp3) is 0.524. The molecule has 5 N–H and O–H groups in total. The van der Waals surface area contributed by atoms with Crippen LogP contribution in [0.1, 0.15) is 13.8 Å². The van der Waals surface area contributed by atoms with E-state index in [1.54, 1.807) is 12.4 Å². The number of rotatable bonds is 9. The molecule has 0 spiro atoms. The van der Waals surface area contributed by atoms with Gasteiger partial charge in [-0.1, -0.05) is 13.8 Å². The second kappa shape index (κ2) is 10.6. The van der Waals surface area contributed by atoms with Gasteiger partial charge in [-0.3, -0.25) is 9.36 Å². The molecule has 3 aromatic heterocycles. The molecular weight excluding hydrogens is 440 g/mol. The molecule has 0 aromatic carbocycles. The number of ether oxygens (including phenoxy) is 1. The summed E-state index contributed by atoms with van der Waals surface area (Å²) < 4.78 is 7.56. The van der Waals surface area contributed by atoms with Crippen molar-refractivity contribution in [2.45, 2.75) is 20.4 Å². The van der Waals surface area contributed by atoms with Crippen LogP contribution in [-0.2, 0) is 16.1 Å². The Morgan fingerprint density at radius 1 is 1.18 bits per heavy atom. The van der Waals surface area contributed by atoms with Gasteiger partial charge in [-0.2, -0.15) is 0 Å². The molecule has 182 valence electrons. The van der Waals surface area contributed by atoms with Gasteiger partial charge in [0.15, 0.2) is 22.8 Å². The normalized spacial score (nSPS) is 14.1. The number of amides is 1. The summed E-state index contributed by atoms with van der Waals surface area (Å²) in [6, 6.07) is 0. The maximum atomic E-state index is 11.3. The van der Waals surface area contributed by atoms with Gasteiger partial charge in [0.1, 0.15) is 6.61 Å². The van der Waals surface area contributed by atoms with E-state index in [0.717, 1.165) is 5.82 Å². The molecule has 1 aliphatic heterocycles. The van der Waals surface area contributed by atoms with Crippen LogP contribution in [0, 0.1) is 5.92 Å². The third kappa shape index (κ3) is 5.31. The number of aliphatic hydroxyl groups excluding tert-OH is 1. The van der Waals surface area contributed by atoms with Crippen molar-refractivity contribution < 1.29 is 14.6 Å². The van der Waals surface area contributed by atoms with Crippen molar-refractivity contribution >= 4 is 34.8 Å². The van der Waals surface area contributed by atoms with E-state index < -0.39 is 12.5 Å². The van der Waals surface area contributed by atoms with Gasteiger partial charge in [0, 0.05) is 45.1 Å². The summed E-state index contributed by atoms with van der Waals surface area (Å²) in [6.07, 6.45) is 3.22. The lowest BCUT2D eigenvalue weighted by Crippen LogP contribution is -2.37. The Labute approximate surface area is 196 Å². The fourth-order valence-electron chi connectivity index (χ4n) is 3.67. The first kappa shape index (κ1) is 23.6. The van der Waals surface area contributed by atoms with Gasteiger partial charge < -0.3 is 31.1 Å². The number of fused-ring (bicyclic) bond motifs is 1. The summed E-state index contributed by atoms with van der Waals surface area (Å²) >= 11 is 0. The van der Waals surface area contributed by atoms with Crippen LogP contribution in [0.3, 0.4) is 0 Å². The first-order valence-electron chi connectivity index (χ1n) is 11.3. The van der Waals surface area contributed by atoms with E-state index in [1.807, 2.05) is 4.57 Å². The molecule has 1 amide bonds. The maximum absolute atomic E-state index is 11.3. The smallest absolute Gasteiger partial charge is 0.245 e. The first-order chi connectivity index (χ1) is 16.5. The number of hydrogen-bond donors (Lipinski definition) is 4. The molecule has 13 heteroatoms. The van der Waals surface area contributed by atoms with Crippen LogP contribution >= 0.6 is 0 Å². The number of hydrogen-bond acceptors (Lipinski definition) is 11. The van der Waals surface area contributed by atoms with E-state index in [1.165, 1.54) is 0 Å². The molecule has 0 saturated carbocycles. The molecular formula is C21H30N10O3. The highest BCUT2D eigenvalue weighted by Crippen LogP contribution is 2.30. The second-order valence-electron chi connectivity index (χ2n) is 8.35. The van der Waals surface area contributed by atoms with Crippen molar-refractivity contribution in [3.63, 3.8) is 0 Å². The average molecular weight is 471 g/mol. The molecule has 0 atom stereocenters. The number of imidazole rings is 1. The largest absolute Gasteiger partial charge is 0.387 e. The van der Waals surface area contributed by atoms with E-state index in [-0.39, 0.29) is 5.95 Å². The number of nitrogen functional groups attached to an aromatic ring is 1. The number of anilines is 3. The monoisotopic (exact) mass is 470 g/mol. The van der Waals surface area contributed by atoms with Gasteiger partial charge in [-0.05, 0) is 5.92 Å². The zero-order valence-corrected chi connectivity index (χ0v) is 19.4. The average Bonchev–Trinajstić information content (AvgIpc) is 3.18. The lowest BCUT2D eigenvalue weighted by molar-refractivity contribution is -0.123. The van der Waals surface area contributed by atoms with Crippen molar-refractivity contribution in [1.82, 2.24) is 34.8 Å². The Balaban J connectivity index is 1.77. The van der Waals surface area contributed by atoms with Crippen molar-refractivity contribution in [3.8, 4) is 11.4 Å². The Morgan fingerprint density at radius 3 is 2.59 bits per heavy atom. The highest BCUT2D eigenvalue weighted by Gasteiger charge is 2.24. The minimum atomic E-state index is -0.540. The zero-order valence-electron chi connectivity index (χ0n) is 19.4. The standard InChI is InChI=1S/C21H30N10O3/c1-13(2)11-31-19-16(27-21(31)24-4-3-23-15(33)12-32)18(30-5-7-34-8-6-30)28-17(29-19)14-9-25-20(22)26-10-14/h9-10,13,32H,3-8,11-12H2,1-2H3,(H,23,33)(H,24,27)(H2,22,25,26). The van der Waals surface area contributed by atoms with Gasteiger partial charge in [0.05, 0.1) is 18.8 Å². The van der Waals surface area contributed by atoms with Gasteiger partial charge in [-0.15, -0.1) is 0 Å². The van der Waals surface area contributed by atoms with Crippen molar-refractivity contribution in [2.24, 2.45) is 5.92 Å². The lowest BCUT2D eigenvalue weighted by atomic mass is 10.2. The molecule has 0 radical (unpaired) electrons. The lowest BCUT2D eigenvalue weighted by Gasteiger charge is -2.28. The van der Waals surface area contributed by atoms with Crippen LogP contribution < -0.4 is 21.3 Å². The van der Waals surface area contributed by atoms with Crippen LogP contribution in [0.15, 0.2) is 12.4 Å². The van der Waals surface area contributed by atoms with Crippen molar-refractivity contribution in [2.75, 3.05) is 62.0 Å². The van der Waals surface area contributed by atoms with Crippen LogP contribution in [0.2, 0.25) is 0 Å². The van der Waals surface area contributed by atoms with Gasteiger partial charge >= 0.3 is 0 Å². The summed E-state index contributed by atoms with van der Waals surface area (Å²) in [4.78, 5) is 36.2. The summed E-state index contributed by atoms with van der Waals surface area (Å²) in [6.45, 7) is 7.76. The second-order valence-corrected chi connectivity index (χ2v) is 8.35. The van der Waals surface area contributed by atoms with Crippen molar-refractivity contribution in [3.05, 3.63) is 12.4 Å². The number of aliphatic hydroxyl groups is 1. The molecule has 0 unspecified atom stereocenters. The minimum absolute atomic E-state index is 0.183. The summed E-state index contributed by atoms with van der Waals surface area (Å²) in [5.74, 6) is 1.93. The number of carbonyl (C=O) groups excluding carboxylic acids is 1. The Bertz CT molecular complexity index is 1130. The molecule has 3 aromatic rings. The molecule has 34 heavy (non-hydrogen) atoms. The molecule has 0 aliphatic carbocycles. The van der Waals surface area contributed by atoms with Crippen LogP contribution in [0.25, 0.3) is 22.6 Å². The highest BCUT2D eigenvalue weighted by atomic mass is 16.5. The Kier molecular flexibility index (Phi) is 7.33. The van der Waals surface area contributed by atoms with Gasteiger partial charge in [0.2, 0.25) is 17.8 Å². The predicted octanol–water partition coefficient (Wildman–Crippen LogP) is -0.121. The zero-order chi connectivity index (χ0) is 24.1. The van der Waals surface area contributed by atoms with Crippen LogP contribution in [-0.4, -0.2) is 86.5 Å². The van der Waals surface area contributed by atoms with Crippen LogP contribution in [0.4, 0.5) is 17.7 Å². The number of carbonyl (C=O) groups is 1. The maximum Gasteiger partial charge on any atom is 0.245 e. The quantitative estimate of drug-likeness (QED) is 0.307. The van der Waals surface area contributed by atoms with E-state index in [9.17, 15) is 4.79 Å². The summed E-state index contributed by atoms with van der Waals surface area (Å²) in [5, 5.41) is 14.8. The predicted molar refractivity (Wildman–Crippen MR) is 127 cm³/mol. The number of nitrogens with zero attached hydrogens (tertiary/aromatic N) is 7. The van der Waals surface area contributed by atoms with E-state index in [0.29, 0.717) is 80.4 Å². The number of nitrogens with one attached hydrogen (secondary N) is 2. The van der Waals surface area contributed by atoms with Gasteiger partial charge in [-0.25, -0.2) is 24.9 Å². The molecule has 1 aliphatic rings. The number of morpholine rings is 1. The Morgan fingerprint density at radius 2 is 1.91 bits per heavy atom. The number of nitrogens with two attached hydrogens (primary N) is 1. The SMILES string of the molecule is CC(C)Cn1c(NCCNC(=O)CO)nc2c(N3CCOCC3)nc(-c3cnc(N)nc3)nc21. The first-order valence-corrected chi connectivity index (χ1v) is 11.3. The van der Waals surface area contributed by atoms with E-state index in [2.05, 4.69) is 39.3 Å². The molecule has 1 saturated heterocycles.